The molecule has 74 valence electrons. The van der Waals surface area contributed by atoms with Crippen LogP contribution in [0.1, 0.15) is 13.3 Å². The van der Waals surface area contributed by atoms with Gasteiger partial charge in [-0.05, 0) is 13.0 Å². The predicted octanol–water partition coefficient (Wildman–Crippen LogP) is 0.290. The fourth-order valence-electron chi connectivity index (χ4n) is 1.02. The lowest BCUT2D eigenvalue weighted by Crippen LogP contribution is -2.34. The zero-order chi connectivity index (χ0) is 9.40. The number of nitrogens with zero attached hydrogens (tertiary/aromatic N) is 1. The first kappa shape index (κ1) is 12.2. The Morgan fingerprint density at radius 3 is 2.58 bits per heavy atom. The van der Waals surface area contributed by atoms with Crippen LogP contribution in [-0.2, 0) is 0 Å². The molecule has 0 aromatic carbocycles. The summed E-state index contributed by atoms with van der Waals surface area (Å²) in [5.74, 6) is 0.273. The summed E-state index contributed by atoms with van der Waals surface area (Å²) in [7, 11) is 0. The summed E-state index contributed by atoms with van der Waals surface area (Å²) in [5.41, 5.74) is 0. The van der Waals surface area contributed by atoms with Crippen LogP contribution in [0.2, 0.25) is 0 Å². The summed E-state index contributed by atoms with van der Waals surface area (Å²) in [5, 5.41) is 17.8. The van der Waals surface area contributed by atoms with Gasteiger partial charge in [-0.3, -0.25) is 0 Å². The number of alkyl halides is 1. The maximum atomic E-state index is 9.22. The summed E-state index contributed by atoms with van der Waals surface area (Å²) in [6.07, 6.45) is 0.299. The lowest BCUT2D eigenvalue weighted by Gasteiger charge is -2.21. The number of aliphatic hydroxyl groups excluding tert-OH is 2. The van der Waals surface area contributed by atoms with Crippen molar-refractivity contribution in [2.45, 2.75) is 19.4 Å². The van der Waals surface area contributed by atoms with Crippen LogP contribution in [0.25, 0.3) is 0 Å². The maximum Gasteiger partial charge on any atom is 0.0802 e. The fraction of sp³-hybridized carbons (Fsp3) is 1.00. The minimum absolute atomic E-state index is 0.202. The van der Waals surface area contributed by atoms with E-state index in [4.69, 9.17) is 16.7 Å². The Kier molecular flexibility index (Phi) is 7.91. The number of hydrogen-bond donors (Lipinski definition) is 2. The largest absolute Gasteiger partial charge is 0.396 e. The van der Waals surface area contributed by atoms with Gasteiger partial charge in [-0.25, -0.2) is 0 Å². The first-order chi connectivity index (χ1) is 5.74. The molecule has 0 rings (SSSR count). The van der Waals surface area contributed by atoms with E-state index in [-0.39, 0.29) is 12.5 Å². The second-order valence-corrected chi connectivity index (χ2v) is 3.09. The normalized spacial score (nSPS) is 13.8. The molecule has 0 spiro atoms. The van der Waals surface area contributed by atoms with Gasteiger partial charge >= 0.3 is 0 Å². The Labute approximate surface area is 78.9 Å². The van der Waals surface area contributed by atoms with E-state index in [0.29, 0.717) is 6.54 Å². The topological polar surface area (TPSA) is 43.7 Å². The highest BCUT2D eigenvalue weighted by Crippen LogP contribution is 1.96. The monoisotopic (exact) mass is 195 g/mol. The summed E-state index contributed by atoms with van der Waals surface area (Å²) in [6, 6.07) is 0. The molecule has 0 aromatic heterocycles. The SMILES string of the molecule is CCN(CCCO)CC(O)CCl. The highest BCUT2D eigenvalue weighted by Gasteiger charge is 2.07. The van der Waals surface area contributed by atoms with Gasteiger partial charge in [0.2, 0.25) is 0 Å². The molecular formula is C8H18ClNO2. The molecule has 0 bridgehead atoms. The van der Waals surface area contributed by atoms with E-state index in [0.717, 1.165) is 19.5 Å². The van der Waals surface area contributed by atoms with Crippen LogP contribution in [-0.4, -0.2) is 53.3 Å². The summed E-state index contributed by atoms with van der Waals surface area (Å²) < 4.78 is 0. The lowest BCUT2D eigenvalue weighted by atomic mass is 10.3. The molecule has 4 heteroatoms. The first-order valence-corrected chi connectivity index (χ1v) is 4.85. The maximum absolute atomic E-state index is 9.22. The van der Waals surface area contributed by atoms with Gasteiger partial charge in [0.05, 0.1) is 6.10 Å². The zero-order valence-electron chi connectivity index (χ0n) is 7.54. The molecule has 0 saturated carbocycles. The molecule has 1 unspecified atom stereocenters. The van der Waals surface area contributed by atoms with Crippen molar-refractivity contribution in [1.82, 2.24) is 4.90 Å². The van der Waals surface area contributed by atoms with Crippen LogP contribution in [0.5, 0.6) is 0 Å². The van der Waals surface area contributed by atoms with Crippen LogP contribution >= 0.6 is 11.6 Å². The van der Waals surface area contributed by atoms with Gasteiger partial charge in [-0.2, -0.15) is 0 Å². The fourth-order valence-corrected chi connectivity index (χ4v) is 1.12. The third kappa shape index (κ3) is 5.77. The molecule has 1 atom stereocenters. The molecule has 0 amide bonds. The van der Waals surface area contributed by atoms with Gasteiger partial charge in [0.25, 0.3) is 0 Å². The van der Waals surface area contributed by atoms with E-state index in [1.807, 2.05) is 6.92 Å². The van der Waals surface area contributed by atoms with Gasteiger partial charge in [-0.1, -0.05) is 6.92 Å². The molecule has 0 radical (unpaired) electrons. The van der Waals surface area contributed by atoms with Crippen molar-refractivity contribution in [3.8, 4) is 0 Å². The third-order valence-corrected chi connectivity index (χ3v) is 2.08. The lowest BCUT2D eigenvalue weighted by molar-refractivity contribution is 0.126. The van der Waals surface area contributed by atoms with E-state index in [1.54, 1.807) is 0 Å². The van der Waals surface area contributed by atoms with Crippen molar-refractivity contribution in [2.24, 2.45) is 0 Å². The Hall–Kier alpha value is 0.170. The van der Waals surface area contributed by atoms with Crippen LogP contribution < -0.4 is 0 Å². The smallest absolute Gasteiger partial charge is 0.0802 e. The average molecular weight is 196 g/mol. The highest BCUT2D eigenvalue weighted by molar-refractivity contribution is 6.18. The Balaban J connectivity index is 3.51. The van der Waals surface area contributed by atoms with E-state index in [9.17, 15) is 5.11 Å². The molecule has 0 aliphatic heterocycles. The van der Waals surface area contributed by atoms with Crippen LogP contribution in [0, 0.1) is 0 Å². The van der Waals surface area contributed by atoms with Crippen LogP contribution in [0.15, 0.2) is 0 Å². The first-order valence-electron chi connectivity index (χ1n) is 4.31. The summed E-state index contributed by atoms with van der Waals surface area (Å²) >= 11 is 5.46. The molecule has 12 heavy (non-hydrogen) atoms. The molecule has 0 saturated heterocycles. The molecule has 0 fully saturated rings. The summed E-state index contributed by atoms with van der Waals surface area (Å²) in [4.78, 5) is 2.07. The van der Waals surface area contributed by atoms with E-state index in [2.05, 4.69) is 4.90 Å². The Bertz CT molecular complexity index is 103. The van der Waals surface area contributed by atoms with E-state index < -0.39 is 6.10 Å². The van der Waals surface area contributed by atoms with E-state index in [1.165, 1.54) is 0 Å². The third-order valence-electron chi connectivity index (χ3n) is 1.73. The predicted molar refractivity (Wildman–Crippen MR) is 50.5 cm³/mol. The van der Waals surface area contributed by atoms with Crippen molar-refractivity contribution in [3.63, 3.8) is 0 Å². The minimum atomic E-state index is -0.453. The number of rotatable bonds is 7. The summed E-state index contributed by atoms with van der Waals surface area (Å²) in [6.45, 7) is 4.53. The van der Waals surface area contributed by atoms with Crippen molar-refractivity contribution in [1.29, 1.82) is 0 Å². The van der Waals surface area contributed by atoms with Crippen molar-refractivity contribution < 1.29 is 10.2 Å². The standard InChI is InChI=1S/C8H18ClNO2/c1-2-10(4-3-5-11)7-8(12)6-9/h8,11-12H,2-7H2,1H3. The minimum Gasteiger partial charge on any atom is -0.396 e. The molecule has 0 aliphatic carbocycles. The van der Waals surface area contributed by atoms with Crippen molar-refractivity contribution in [2.75, 3.05) is 32.1 Å². The second-order valence-electron chi connectivity index (χ2n) is 2.78. The number of hydrogen-bond acceptors (Lipinski definition) is 3. The molecule has 3 nitrogen and oxygen atoms in total. The second kappa shape index (κ2) is 7.80. The average Bonchev–Trinajstić information content (AvgIpc) is 2.11. The molecular weight excluding hydrogens is 178 g/mol. The molecule has 2 N–H and O–H groups in total. The van der Waals surface area contributed by atoms with Crippen molar-refractivity contribution in [3.05, 3.63) is 0 Å². The number of aliphatic hydroxyl groups is 2. The van der Waals surface area contributed by atoms with Gasteiger partial charge in [0, 0.05) is 25.6 Å². The van der Waals surface area contributed by atoms with E-state index >= 15 is 0 Å². The van der Waals surface area contributed by atoms with Gasteiger partial charge in [0.15, 0.2) is 0 Å². The quantitative estimate of drug-likeness (QED) is 0.574. The molecule has 0 aromatic rings. The van der Waals surface area contributed by atoms with Gasteiger partial charge in [-0.15, -0.1) is 11.6 Å². The van der Waals surface area contributed by atoms with Crippen LogP contribution in [0.3, 0.4) is 0 Å². The number of halogens is 1. The zero-order valence-corrected chi connectivity index (χ0v) is 8.30. The van der Waals surface area contributed by atoms with Gasteiger partial charge < -0.3 is 15.1 Å². The van der Waals surface area contributed by atoms with Crippen molar-refractivity contribution >= 4 is 11.6 Å². The molecule has 0 aliphatic rings. The van der Waals surface area contributed by atoms with Gasteiger partial charge in [0.1, 0.15) is 0 Å². The number of likely N-dealkylation sites (N-methyl/N-ethyl adjacent to an activating group) is 1. The molecule has 0 heterocycles. The highest BCUT2D eigenvalue weighted by atomic mass is 35.5. The van der Waals surface area contributed by atoms with Crippen LogP contribution in [0.4, 0.5) is 0 Å². The Morgan fingerprint density at radius 2 is 2.17 bits per heavy atom. The Morgan fingerprint density at radius 1 is 1.50 bits per heavy atom.